The Morgan fingerprint density at radius 1 is 1.35 bits per heavy atom. The van der Waals surface area contributed by atoms with Gasteiger partial charge in [0.1, 0.15) is 0 Å². The Kier molecular flexibility index (Phi) is 5.78. The van der Waals surface area contributed by atoms with Crippen molar-refractivity contribution in [1.29, 1.82) is 0 Å². The van der Waals surface area contributed by atoms with Crippen molar-refractivity contribution in [2.75, 3.05) is 6.61 Å². The minimum atomic E-state index is -0.288. The number of halogens is 1. The van der Waals surface area contributed by atoms with E-state index in [0.717, 1.165) is 17.9 Å². The van der Waals surface area contributed by atoms with Crippen molar-refractivity contribution in [1.82, 2.24) is 0 Å². The van der Waals surface area contributed by atoms with Gasteiger partial charge in [0.25, 0.3) is 0 Å². The number of carbonyl (C=O) groups excluding carboxylic acids is 1. The largest absolute Gasteiger partial charge is 0.463 e. The molecule has 17 heavy (non-hydrogen) atoms. The average molecular weight is 253 g/mol. The second-order valence-corrected chi connectivity index (χ2v) is 4.24. The molecule has 0 aromatic heterocycles. The normalized spacial score (nSPS) is 10.0. The molecule has 92 valence electrons. The van der Waals surface area contributed by atoms with Crippen LogP contribution in [0.15, 0.2) is 36.4 Å². The third kappa shape index (κ3) is 5.05. The van der Waals surface area contributed by atoms with Gasteiger partial charge in [0.15, 0.2) is 0 Å². The van der Waals surface area contributed by atoms with Crippen LogP contribution in [0, 0.1) is 0 Å². The standard InChI is InChI=1S/C14H17ClO2/c1-3-17-14(16)11(2)5-4-6-12-7-9-13(15)10-8-12/h7-10H,2-6H2,1H3. The van der Waals surface area contributed by atoms with Gasteiger partial charge in [-0.05, 0) is 43.9 Å². The minimum absolute atomic E-state index is 0.288. The Balaban J connectivity index is 2.30. The second kappa shape index (κ2) is 7.13. The van der Waals surface area contributed by atoms with Gasteiger partial charge in [0.2, 0.25) is 0 Å². The van der Waals surface area contributed by atoms with Crippen LogP contribution >= 0.6 is 11.6 Å². The number of hydrogen-bond donors (Lipinski definition) is 0. The lowest BCUT2D eigenvalue weighted by Gasteiger charge is -2.05. The zero-order chi connectivity index (χ0) is 12.7. The lowest BCUT2D eigenvalue weighted by Crippen LogP contribution is -2.06. The molecule has 0 spiro atoms. The highest BCUT2D eigenvalue weighted by molar-refractivity contribution is 6.30. The van der Waals surface area contributed by atoms with Crippen LogP contribution in [0.4, 0.5) is 0 Å². The van der Waals surface area contributed by atoms with Crippen molar-refractivity contribution >= 4 is 17.6 Å². The Hall–Kier alpha value is -1.28. The quantitative estimate of drug-likeness (QED) is 0.569. The number of aryl methyl sites for hydroxylation is 1. The topological polar surface area (TPSA) is 26.3 Å². The molecule has 0 bridgehead atoms. The zero-order valence-corrected chi connectivity index (χ0v) is 10.8. The van der Waals surface area contributed by atoms with Gasteiger partial charge >= 0.3 is 5.97 Å². The SMILES string of the molecule is C=C(CCCc1ccc(Cl)cc1)C(=O)OCC. The molecule has 2 nitrogen and oxygen atoms in total. The number of rotatable bonds is 6. The third-order valence-electron chi connectivity index (χ3n) is 2.42. The van der Waals surface area contributed by atoms with E-state index in [0.29, 0.717) is 18.6 Å². The van der Waals surface area contributed by atoms with E-state index in [1.54, 1.807) is 6.92 Å². The maximum Gasteiger partial charge on any atom is 0.333 e. The fourth-order valence-electron chi connectivity index (χ4n) is 1.49. The van der Waals surface area contributed by atoms with Gasteiger partial charge in [-0.3, -0.25) is 0 Å². The summed E-state index contributed by atoms with van der Waals surface area (Å²) < 4.78 is 4.87. The number of ether oxygens (including phenoxy) is 1. The first-order chi connectivity index (χ1) is 8.13. The molecule has 1 aromatic rings. The Morgan fingerprint density at radius 3 is 2.59 bits per heavy atom. The van der Waals surface area contributed by atoms with Gasteiger partial charge in [-0.15, -0.1) is 0 Å². The molecule has 0 atom stereocenters. The second-order valence-electron chi connectivity index (χ2n) is 3.80. The predicted molar refractivity (Wildman–Crippen MR) is 70.2 cm³/mol. The molecule has 0 N–H and O–H groups in total. The molecular weight excluding hydrogens is 236 g/mol. The monoisotopic (exact) mass is 252 g/mol. The van der Waals surface area contributed by atoms with Crippen LogP contribution in [-0.4, -0.2) is 12.6 Å². The summed E-state index contributed by atoms with van der Waals surface area (Å²) in [5.41, 5.74) is 1.76. The van der Waals surface area contributed by atoms with Crippen LogP contribution in [0.25, 0.3) is 0 Å². The van der Waals surface area contributed by atoms with Crippen LogP contribution < -0.4 is 0 Å². The summed E-state index contributed by atoms with van der Waals surface area (Å²) >= 11 is 5.80. The molecule has 1 rings (SSSR count). The Labute approximate surface area is 107 Å². The molecule has 1 aromatic carbocycles. The van der Waals surface area contributed by atoms with Crippen molar-refractivity contribution in [2.24, 2.45) is 0 Å². The molecule has 0 fully saturated rings. The summed E-state index contributed by atoms with van der Waals surface area (Å²) in [4.78, 5) is 11.3. The molecule has 0 aliphatic heterocycles. The summed E-state index contributed by atoms with van der Waals surface area (Å²) in [7, 11) is 0. The molecule has 0 amide bonds. The smallest absolute Gasteiger partial charge is 0.333 e. The molecule has 0 saturated carbocycles. The number of esters is 1. The summed E-state index contributed by atoms with van der Waals surface area (Å²) in [5.74, 6) is -0.288. The number of hydrogen-bond acceptors (Lipinski definition) is 2. The molecule has 0 aliphatic carbocycles. The highest BCUT2D eigenvalue weighted by Gasteiger charge is 2.06. The van der Waals surface area contributed by atoms with Gasteiger partial charge < -0.3 is 4.74 Å². The highest BCUT2D eigenvalue weighted by atomic mass is 35.5. The maximum atomic E-state index is 11.3. The fourth-order valence-corrected chi connectivity index (χ4v) is 1.62. The van der Waals surface area contributed by atoms with Gasteiger partial charge in [-0.2, -0.15) is 0 Å². The average Bonchev–Trinajstić information content (AvgIpc) is 2.32. The number of carbonyl (C=O) groups is 1. The van der Waals surface area contributed by atoms with E-state index in [4.69, 9.17) is 16.3 Å². The molecule has 0 saturated heterocycles. The van der Waals surface area contributed by atoms with E-state index in [1.807, 2.05) is 24.3 Å². The summed E-state index contributed by atoms with van der Waals surface area (Å²) in [6.07, 6.45) is 2.47. The van der Waals surface area contributed by atoms with E-state index >= 15 is 0 Å². The van der Waals surface area contributed by atoms with Crippen molar-refractivity contribution in [3.8, 4) is 0 Å². The first kappa shape index (κ1) is 13.8. The van der Waals surface area contributed by atoms with E-state index < -0.39 is 0 Å². The fraction of sp³-hybridized carbons (Fsp3) is 0.357. The van der Waals surface area contributed by atoms with Crippen LogP contribution in [0.3, 0.4) is 0 Å². The van der Waals surface area contributed by atoms with Crippen LogP contribution in [0.1, 0.15) is 25.3 Å². The van der Waals surface area contributed by atoms with Gasteiger partial charge in [0, 0.05) is 10.6 Å². The van der Waals surface area contributed by atoms with Gasteiger partial charge in [-0.25, -0.2) is 4.79 Å². The van der Waals surface area contributed by atoms with E-state index in [-0.39, 0.29) is 5.97 Å². The van der Waals surface area contributed by atoms with Crippen molar-refractivity contribution < 1.29 is 9.53 Å². The van der Waals surface area contributed by atoms with Crippen LogP contribution in [-0.2, 0) is 16.0 Å². The van der Waals surface area contributed by atoms with Gasteiger partial charge in [0.05, 0.1) is 6.61 Å². The Morgan fingerprint density at radius 2 is 2.00 bits per heavy atom. The zero-order valence-electron chi connectivity index (χ0n) is 10.0. The summed E-state index contributed by atoms with van der Waals surface area (Å²) in [6.45, 7) is 5.91. The van der Waals surface area contributed by atoms with Crippen LogP contribution in [0.2, 0.25) is 5.02 Å². The van der Waals surface area contributed by atoms with Crippen molar-refractivity contribution in [2.45, 2.75) is 26.2 Å². The minimum Gasteiger partial charge on any atom is -0.463 e. The van der Waals surface area contributed by atoms with E-state index in [9.17, 15) is 4.79 Å². The first-order valence-electron chi connectivity index (χ1n) is 5.73. The summed E-state index contributed by atoms with van der Waals surface area (Å²) in [6, 6.07) is 7.74. The maximum absolute atomic E-state index is 11.3. The highest BCUT2D eigenvalue weighted by Crippen LogP contribution is 2.13. The van der Waals surface area contributed by atoms with E-state index in [2.05, 4.69) is 6.58 Å². The van der Waals surface area contributed by atoms with Gasteiger partial charge in [-0.1, -0.05) is 30.3 Å². The Bertz CT molecular complexity index is 382. The third-order valence-corrected chi connectivity index (χ3v) is 2.67. The van der Waals surface area contributed by atoms with Crippen LogP contribution in [0.5, 0.6) is 0 Å². The molecule has 0 heterocycles. The molecule has 0 aliphatic rings. The summed E-state index contributed by atoms with van der Waals surface area (Å²) in [5, 5.41) is 0.740. The number of benzene rings is 1. The van der Waals surface area contributed by atoms with Crippen molar-refractivity contribution in [3.05, 3.63) is 47.0 Å². The molecule has 3 heteroatoms. The van der Waals surface area contributed by atoms with Crippen molar-refractivity contribution in [3.63, 3.8) is 0 Å². The molecule has 0 radical (unpaired) electrons. The lowest BCUT2D eigenvalue weighted by molar-refractivity contribution is -0.138. The first-order valence-corrected chi connectivity index (χ1v) is 6.10. The predicted octanol–water partition coefficient (Wildman–Crippen LogP) is 3.78. The van der Waals surface area contributed by atoms with E-state index in [1.165, 1.54) is 5.56 Å². The lowest BCUT2D eigenvalue weighted by atomic mass is 10.1. The molecule has 0 unspecified atom stereocenters. The molecular formula is C14H17ClO2.